The van der Waals surface area contributed by atoms with Crippen molar-refractivity contribution in [3.63, 3.8) is 0 Å². The van der Waals surface area contributed by atoms with Crippen LogP contribution in [0.1, 0.15) is 47.0 Å². The van der Waals surface area contributed by atoms with E-state index in [2.05, 4.69) is 37.9 Å². The van der Waals surface area contributed by atoms with E-state index in [0.29, 0.717) is 11.6 Å². The summed E-state index contributed by atoms with van der Waals surface area (Å²) in [5, 5.41) is 3.70. The largest absolute Gasteiger partial charge is 0.380 e. The summed E-state index contributed by atoms with van der Waals surface area (Å²) in [4.78, 5) is 2.66. The Hall–Kier alpha value is -0.120. The SMILES string of the molecule is CCOCCN1CC(CC)NCC1(CC)CC. The van der Waals surface area contributed by atoms with Crippen LogP contribution in [-0.4, -0.2) is 49.3 Å². The highest BCUT2D eigenvalue weighted by molar-refractivity contribution is 4.97. The zero-order valence-corrected chi connectivity index (χ0v) is 12.1. The topological polar surface area (TPSA) is 24.5 Å². The summed E-state index contributed by atoms with van der Waals surface area (Å²) in [7, 11) is 0. The second-order valence-corrected chi connectivity index (χ2v) is 5.06. The fraction of sp³-hybridized carbons (Fsp3) is 1.00. The molecule has 0 radical (unpaired) electrons. The van der Waals surface area contributed by atoms with E-state index in [9.17, 15) is 0 Å². The molecule has 1 saturated heterocycles. The molecule has 0 saturated carbocycles. The van der Waals surface area contributed by atoms with E-state index in [1.165, 1.54) is 25.8 Å². The molecule has 0 aliphatic carbocycles. The highest BCUT2D eigenvalue weighted by Crippen LogP contribution is 2.27. The van der Waals surface area contributed by atoms with Gasteiger partial charge in [0, 0.05) is 37.8 Å². The fourth-order valence-corrected chi connectivity index (χ4v) is 2.84. The zero-order valence-electron chi connectivity index (χ0n) is 12.1. The Balaban J connectivity index is 2.60. The van der Waals surface area contributed by atoms with Gasteiger partial charge in [0.25, 0.3) is 0 Å². The van der Waals surface area contributed by atoms with Gasteiger partial charge < -0.3 is 10.1 Å². The van der Waals surface area contributed by atoms with Crippen molar-refractivity contribution in [1.82, 2.24) is 10.2 Å². The van der Waals surface area contributed by atoms with Crippen LogP contribution >= 0.6 is 0 Å². The van der Waals surface area contributed by atoms with E-state index < -0.39 is 0 Å². The molecule has 102 valence electrons. The second-order valence-electron chi connectivity index (χ2n) is 5.06. The monoisotopic (exact) mass is 242 g/mol. The lowest BCUT2D eigenvalue weighted by molar-refractivity contribution is 0.00587. The number of hydrogen-bond acceptors (Lipinski definition) is 3. The predicted octanol–water partition coefficient (Wildman–Crippen LogP) is 2.27. The lowest BCUT2D eigenvalue weighted by atomic mass is 9.87. The van der Waals surface area contributed by atoms with Gasteiger partial charge in [0.1, 0.15) is 0 Å². The Morgan fingerprint density at radius 2 is 1.94 bits per heavy atom. The van der Waals surface area contributed by atoms with Gasteiger partial charge in [-0.05, 0) is 26.2 Å². The standard InChI is InChI=1S/C14H30N2O/c1-5-13-11-16(9-10-17-8-4)14(6-2,7-3)12-15-13/h13,15H,5-12H2,1-4H3. The van der Waals surface area contributed by atoms with Crippen LogP contribution in [0, 0.1) is 0 Å². The maximum atomic E-state index is 5.53. The Labute approximate surface area is 107 Å². The third kappa shape index (κ3) is 3.67. The van der Waals surface area contributed by atoms with Gasteiger partial charge in [-0.1, -0.05) is 20.8 Å². The molecular formula is C14H30N2O. The molecule has 0 aromatic carbocycles. The van der Waals surface area contributed by atoms with Crippen LogP contribution in [0.5, 0.6) is 0 Å². The van der Waals surface area contributed by atoms with Crippen molar-refractivity contribution in [2.75, 3.05) is 32.8 Å². The molecule has 1 atom stereocenters. The Morgan fingerprint density at radius 1 is 1.24 bits per heavy atom. The number of rotatable bonds is 7. The molecule has 0 bridgehead atoms. The molecule has 0 amide bonds. The van der Waals surface area contributed by atoms with Crippen molar-refractivity contribution in [2.24, 2.45) is 0 Å². The molecule has 1 aliphatic heterocycles. The van der Waals surface area contributed by atoms with Gasteiger partial charge in [0.15, 0.2) is 0 Å². The van der Waals surface area contributed by atoms with Crippen molar-refractivity contribution in [2.45, 2.75) is 58.5 Å². The van der Waals surface area contributed by atoms with Crippen molar-refractivity contribution in [3.05, 3.63) is 0 Å². The summed E-state index contributed by atoms with van der Waals surface area (Å²) in [5.74, 6) is 0. The molecule has 1 unspecified atom stereocenters. The van der Waals surface area contributed by atoms with Gasteiger partial charge in [-0.15, -0.1) is 0 Å². The fourth-order valence-electron chi connectivity index (χ4n) is 2.84. The zero-order chi connectivity index (χ0) is 12.7. The summed E-state index contributed by atoms with van der Waals surface area (Å²) >= 11 is 0. The van der Waals surface area contributed by atoms with Gasteiger partial charge in [0.2, 0.25) is 0 Å². The highest BCUT2D eigenvalue weighted by atomic mass is 16.5. The minimum atomic E-state index is 0.350. The van der Waals surface area contributed by atoms with Crippen molar-refractivity contribution in [1.29, 1.82) is 0 Å². The average molecular weight is 242 g/mol. The van der Waals surface area contributed by atoms with Crippen LogP contribution in [0.4, 0.5) is 0 Å². The molecule has 3 nitrogen and oxygen atoms in total. The first-order valence-corrected chi connectivity index (χ1v) is 7.28. The van der Waals surface area contributed by atoms with E-state index >= 15 is 0 Å². The third-order valence-corrected chi connectivity index (χ3v) is 4.35. The second kappa shape index (κ2) is 7.34. The smallest absolute Gasteiger partial charge is 0.0593 e. The molecule has 1 heterocycles. The normalized spacial score (nSPS) is 25.1. The van der Waals surface area contributed by atoms with Crippen molar-refractivity contribution < 1.29 is 4.74 Å². The number of nitrogens with zero attached hydrogens (tertiary/aromatic N) is 1. The van der Waals surface area contributed by atoms with Crippen molar-refractivity contribution >= 4 is 0 Å². The third-order valence-electron chi connectivity index (χ3n) is 4.35. The molecule has 17 heavy (non-hydrogen) atoms. The van der Waals surface area contributed by atoms with E-state index in [1.54, 1.807) is 0 Å². The van der Waals surface area contributed by atoms with Gasteiger partial charge in [-0.2, -0.15) is 0 Å². The van der Waals surface area contributed by atoms with Gasteiger partial charge in [-0.3, -0.25) is 4.90 Å². The molecule has 1 rings (SSSR count). The van der Waals surface area contributed by atoms with Crippen molar-refractivity contribution in [3.8, 4) is 0 Å². The quantitative estimate of drug-likeness (QED) is 0.693. The summed E-state index contributed by atoms with van der Waals surface area (Å²) in [6, 6.07) is 0.655. The molecule has 3 heteroatoms. The van der Waals surface area contributed by atoms with E-state index in [-0.39, 0.29) is 0 Å². The first kappa shape index (κ1) is 14.9. The first-order valence-electron chi connectivity index (χ1n) is 7.28. The first-order chi connectivity index (χ1) is 8.22. The summed E-state index contributed by atoms with van der Waals surface area (Å²) < 4.78 is 5.53. The van der Waals surface area contributed by atoms with Crippen LogP contribution < -0.4 is 5.32 Å². The number of piperazine rings is 1. The molecular weight excluding hydrogens is 212 g/mol. The maximum Gasteiger partial charge on any atom is 0.0593 e. The predicted molar refractivity (Wildman–Crippen MR) is 73.5 cm³/mol. The van der Waals surface area contributed by atoms with Crippen LogP contribution in [0.3, 0.4) is 0 Å². The summed E-state index contributed by atoms with van der Waals surface area (Å²) in [5.41, 5.74) is 0.350. The van der Waals surface area contributed by atoms with Gasteiger partial charge >= 0.3 is 0 Å². The minimum absolute atomic E-state index is 0.350. The number of nitrogens with one attached hydrogen (secondary N) is 1. The molecule has 1 aliphatic rings. The lowest BCUT2D eigenvalue weighted by Gasteiger charge is -2.49. The van der Waals surface area contributed by atoms with Crippen LogP contribution in [-0.2, 0) is 4.74 Å². The van der Waals surface area contributed by atoms with Gasteiger partial charge in [0.05, 0.1) is 6.61 Å². The average Bonchev–Trinajstić information content (AvgIpc) is 2.39. The lowest BCUT2D eigenvalue weighted by Crippen LogP contribution is -2.64. The Morgan fingerprint density at radius 3 is 2.47 bits per heavy atom. The van der Waals surface area contributed by atoms with Crippen LogP contribution in [0.15, 0.2) is 0 Å². The van der Waals surface area contributed by atoms with E-state index in [4.69, 9.17) is 4.74 Å². The molecule has 0 aromatic heterocycles. The number of ether oxygens (including phenoxy) is 1. The molecule has 0 spiro atoms. The Kier molecular flexibility index (Phi) is 6.45. The molecule has 1 fully saturated rings. The molecule has 1 N–H and O–H groups in total. The molecule has 0 aromatic rings. The number of hydrogen-bond donors (Lipinski definition) is 1. The maximum absolute atomic E-state index is 5.53. The van der Waals surface area contributed by atoms with Crippen LogP contribution in [0.25, 0.3) is 0 Å². The highest BCUT2D eigenvalue weighted by Gasteiger charge is 2.37. The van der Waals surface area contributed by atoms with Gasteiger partial charge in [-0.25, -0.2) is 0 Å². The summed E-state index contributed by atoms with van der Waals surface area (Å²) in [6.07, 6.45) is 3.66. The van der Waals surface area contributed by atoms with E-state index in [1.807, 2.05) is 0 Å². The Bertz CT molecular complexity index is 204. The van der Waals surface area contributed by atoms with E-state index in [0.717, 1.165) is 26.3 Å². The summed E-state index contributed by atoms with van der Waals surface area (Å²) in [6.45, 7) is 14.0. The minimum Gasteiger partial charge on any atom is -0.380 e. The van der Waals surface area contributed by atoms with Crippen LogP contribution in [0.2, 0.25) is 0 Å².